The van der Waals surface area contributed by atoms with Gasteiger partial charge in [-0.05, 0) is 54.6 Å². The zero-order valence-corrected chi connectivity index (χ0v) is 16.6. The lowest BCUT2D eigenvalue weighted by Crippen LogP contribution is -2.29. The van der Waals surface area contributed by atoms with E-state index >= 15 is 0 Å². The van der Waals surface area contributed by atoms with Gasteiger partial charge in [0.15, 0.2) is 5.69 Å². The molecule has 0 atom stereocenters. The summed E-state index contributed by atoms with van der Waals surface area (Å²) < 4.78 is 69.3. The van der Waals surface area contributed by atoms with E-state index in [1.165, 1.54) is 31.3 Å². The monoisotopic (exact) mass is 439 g/mol. The van der Waals surface area contributed by atoms with Crippen LogP contribution in [0, 0.1) is 0 Å². The molecule has 0 radical (unpaired) electrons. The van der Waals surface area contributed by atoms with Crippen molar-refractivity contribution in [2.75, 3.05) is 6.26 Å². The summed E-state index contributed by atoms with van der Waals surface area (Å²) in [6, 6.07) is 13.1. The number of sulfonamides is 1. The van der Waals surface area contributed by atoms with Crippen LogP contribution < -0.4 is 9.46 Å². The molecule has 0 spiro atoms. The maximum atomic E-state index is 12.8. The summed E-state index contributed by atoms with van der Waals surface area (Å²) >= 11 is 0. The van der Waals surface area contributed by atoms with Crippen molar-refractivity contribution in [1.29, 1.82) is 0 Å². The second kappa shape index (κ2) is 7.82. The third-order valence-electron chi connectivity index (χ3n) is 3.95. The number of rotatable bonds is 5. The van der Waals surface area contributed by atoms with Crippen LogP contribution in [0.3, 0.4) is 0 Å². The van der Waals surface area contributed by atoms with Gasteiger partial charge in [0.1, 0.15) is 11.5 Å². The fourth-order valence-electron chi connectivity index (χ4n) is 2.61. The molecule has 1 heterocycles. The summed E-state index contributed by atoms with van der Waals surface area (Å²) in [5, 5.41) is 3.48. The Morgan fingerprint density at radius 3 is 2.03 bits per heavy atom. The van der Waals surface area contributed by atoms with E-state index in [9.17, 15) is 26.4 Å². The van der Waals surface area contributed by atoms with Crippen LogP contribution in [0.4, 0.5) is 13.2 Å². The molecule has 30 heavy (non-hydrogen) atoms. The highest BCUT2D eigenvalue weighted by Gasteiger charge is 2.34. The molecule has 2 aromatic carbocycles. The molecule has 0 aliphatic carbocycles. The average Bonchev–Trinajstić information content (AvgIpc) is 3.04. The number of nitrogens with zero attached hydrogens (tertiary/aromatic N) is 2. The highest BCUT2D eigenvalue weighted by molar-refractivity contribution is 7.89. The zero-order valence-electron chi connectivity index (χ0n) is 15.8. The van der Waals surface area contributed by atoms with Crippen LogP contribution in [0.15, 0.2) is 54.6 Å². The summed E-state index contributed by atoms with van der Waals surface area (Å²) in [7, 11) is -2.24. The number of hydrogen-bond donors (Lipinski definition) is 1. The van der Waals surface area contributed by atoms with Crippen LogP contribution in [-0.2, 0) is 23.2 Å². The third-order valence-corrected chi connectivity index (χ3v) is 4.51. The van der Waals surface area contributed by atoms with Gasteiger partial charge < -0.3 is 4.74 Å². The molecule has 11 heteroatoms. The van der Waals surface area contributed by atoms with Crippen LogP contribution in [0.25, 0.3) is 11.3 Å². The molecule has 0 saturated carbocycles. The van der Waals surface area contributed by atoms with Gasteiger partial charge in [-0.1, -0.05) is 0 Å². The van der Waals surface area contributed by atoms with Gasteiger partial charge in [0.05, 0.1) is 11.9 Å². The van der Waals surface area contributed by atoms with Crippen molar-refractivity contribution >= 4 is 15.9 Å². The first-order chi connectivity index (χ1) is 13.9. The highest BCUT2D eigenvalue weighted by Crippen LogP contribution is 2.32. The molecule has 3 rings (SSSR count). The van der Waals surface area contributed by atoms with Gasteiger partial charge in [-0.15, -0.1) is 0 Å². The third kappa shape index (κ3) is 5.17. The quantitative estimate of drug-likeness (QED) is 0.656. The van der Waals surface area contributed by atoms with E-state index in [1.54, 1.807) is 24.3 Å². The van der Waals surface area contributed by atoms with E-state index in [-0.39, 0.29) is 5.56 Å². The van der Waals surface area contributed by atoms with Crippen molar-refractivity contribution in [2.45, 2.75) is 6.18 Å². The Morgan fingerprint density at radius 2 is 1.57 bits per heavy atom. The number of ether oxygens (including phenoxy) is 1. The van der Waals surface area contributed by atoms with E-state index in [0.717, 1.165) is 17.0 Å². The summed E-state index contributed by atoms with van der Waals surface area (Å²) in [5.74, 6) is 0.0478. The summed E-state index contributed by atoms with van der Waals surface area (Å²) in [4.78, 5) is 11.8. The van der Waals surface area contributed by atoms with E-state index in [1.807, 2.05) is 4.72 Å². The molecular formula is C19H16F3N3O4S. The largest absolute Gasteiger partial charge is 0.457 e. The second-order valence-corrected chi connectivity index (χ2v) is 8.14. The standard InChI is InChI=1S/C19H16F3N3O4S/c1-25-16(11-17(23-25)19(20,21)22)12-3-7-14(8-4-12)29-15-9-5-13(6-10-15)18(26)24-30(2,27)28/h3-11H,1-2H3,(H,24,26). The Labute approximate surface area is 170 Å². The molecular weight excluding hydrogens is 423 g/mol. The van der Waals surface area contributed by atoms with Gasteiger partial charge in [0, 0.05) is 18.2 Å². The maximum Gasteiger partial charge on any atom is 0.435 e. The number of benzene rings is 2. The lowest BCUT2D eigenvalue weighted by Gasteiger charge is -2.08. The van der Waals surface area contributed by atoms with Gasteiger partial charge >= 0.3 is 6.18 Å². The molecule has 0 aliphatic heterocycles. The molecule has 3 aromatic rings. The summed E-state index contributed by atoms with van der Waals surface area (Å²) in [6.45, 7) is 0. The normalized spacial score (nSPS) is 11.9. The predicted molar refractivity (Wildman–Crippen MR) is 102 cm³/mol. The molecule has 0 unspecified atom stereocenters. The van der Waals surface area contributed by atoms with Crippen molar-refractivity contribution in [2.24, 2.45) is 7.05 Å². The molecule has 1 amide bonds. The average molecular weight is 439 g/mol. The number of aromatic nitrogens is 2. The number of halogens is 3. The van der Waals surface area contributed by atoms with E-state index < -0.39 is 27.8 Å². The molecule has 0 aliphatic rings. The number of hydrogen-bond acceptors (Lipinski definition) is 5. The highest BCUT2D eigenvalue weighted by atomic mass is 32.2. The van der Waals surface area contributed by atoms with E-state index in [4.69, 9.17) is 4.74 Å². The minimum atomic E-state index is -4.52. The molecule has 0 fully saturated rings. The number of carbonyl (C=O) groups excluding carboxylic acids is 1. The Morgan fingerprint density at radius 1 is 1.03 bits per heavy atom. The van der Waals surface area contributed by atoms with E-state index in [0.29, 0.717) is 22.8 Å². The van der Waals surface area contributed by atoms with Crippen molar-refractivity contribution in [3.05, 3.63) is 65.9 Å². The fourth-order valence-corrected chi connectivity index (χ4v) is 3.06. The van der Waals surface area contributed by atoms with Gasteiger partial charge in [-0.25, -0.2) is 13.1 Å². The minimum absolute atomic E-state index is 0.139. The molecule has 0 saturated heterocycles. The number of aryl methyl sites for hydroxylation is 1. The van der Waals surface area contributed by atoms with Gasteiger partial charge in [-0.2, -0.15) is 18.3 Å². The van der Waals surface area contributed by atoms with Crippen molar-refractivity contribution in [1.82, 2.24) is 14.5 Å². The van der Waals surface area contributed by atoms with Gasteiger partial charge in [0.2, 0.25) is 10.0 Å². The summed E-state index contributed by atoms with van der Waals surface area (Å²) in [5.41, 5.74) is -0.00381. The van der Waals surface area contributed by atoms with Crippen LogP contribution >= 0.6 is 0 Å². The first kappa shape index (κ1) is 21.4. The number of alkyl halides is 3. The molecule has 158 valence electrons. The van der Waals surface area contributed by atoms with Gasteiger partial charge in [-0.3, -0.25) is 9.48 Å². The summed E-state index contributed by atoms with van der Waals surface area (Å²) in [6.07, 6.45) is -3.65. The van der Waals surface area contributed by atoms with Crippen LogP contribution in [-0.4, -0.2) is 30.4 Å². The van der Waals surface area contributed by atoms with Crippen molar-refractivity contribution in [3.8, 4) is 22.8 Å². The first-order valence-electron chi connectivity index (χ1n) is 8.44. The number of nitrogens with one attached hydrogen (secondary N) is 1. The van der Waals surface area contributed by atoms with Crippen LogP contribution in [0.2, 0.25) is 0 Å². The number of amides is 1. The van der Waals surface area contributed by atoms with Gasteiger partial charge in [0.25, 0.3) is 5.91 Å². The maximum absolute atomic E-state index is 12.8. The molecule has 1 N–H and O–H groups in total. The Hall–Kier alpha value is -3.34. The van der Waals surface area contributed by atoms with Crippen molar-refractivity contribution in [3.63, 3.8) is 0 Å². The SMILES string of the molecule is Cn1nc(C(F)(F)F)cc1-c1ccc(Oc2ccc(C(=O)NS(C)(=O)=O)cc2)cc1. The van der Waals surface area contributed by atoms with E-state index in [2.05, 4.69) is 5.10 Å². The second-order valence-electron chi connectivity index (χ2n) is 6.39. The van der Waals surface area contributed by atoms with Crippen LogP contribution in [0.1, 0.15) is 16.1 Å². The number of carbonyl (C=O) groups is 1. The smallest absolute Gasteiger partial charge is 0.435 e. The fraction of sp³-hybridized carbons (Fsp3) is 0.158. The Bertz CT molecular complexity index is 1170. The lowest BCUT2D eigenvalue weighted by atomic mass is 10.1. The molecule has 0 bridgehead atoms. The predicted octanol–water partition coefficient (Wildman–Crippen LogP) is 3.59. The lowest BCUT2D eigenvalue weighted by molar-refractivity contribution is -0.141. The zero-order chi connectivity index (χ0) is 22.1. The Kier molecular flexibility index (Phi) is 5.57. The minimum Gasteiger partial charge on any atom is -0.457 e. The van der Waals surface area contributed by atoms with Crippen molar-refractivity contribution < 1.29 is 31.1 Å². The first-order valence-corrected chi connectivity index (χ1v) is 10.3. The molecule has 7 nitrogen and oxygen atoms in total. The topological polar surface area (TPSA) is 90.3 Å². The Balaban J connectivity index is 1.72. The van der Waals surface area contributed by atoms with Crippen LogP contribution in [0.5, 0.6) is 11.5 Å². The molecule has 1 aromatic heterocycles.